The van der Waals surface area contributed by atoms with Crippen LogP contribution in [0.4, 0.5) is 13.2 Å². The largest absolute Gasteiger partial charge is 0.477 e. The van der Waals surface area contributed by atoms with Crippen molar-refractivity contribution in [2.45, 2.75) is 26.1 Å². The fraction of sp³-hybridized carbons (Fsp3) is 0.286. The molecule has 2 rings (SSSR count). The number of aromatic carboxylic acids is 1. The Balaban J connectivity index is 2.30. The number of imidazole rings is 1. The zero-order valence-corrected chi connectivity index (χ0v) is 11.8. The second-order valence-corrected chi connectivity index (χ2v) is 4.82. The topological polar surface area (TPSA) is 64.4 Å². The lowest BCUT2D eigenvalue weighted by atomic mass is 10.2. The van der Waals surface area contributed by atoms with Gasteiger partial charge in [-0.15, -0.1) is 0 Å². The number of hydrogen-bond donors (Lipinski definition) is 1. The van der Waals surface area contributed by atoms with Crippen LogP contribution in [-0.2, 0) is 6.18 Å². The van der Waals surface area contributed by atoms with Gasteiger partial charge in [0.05, 0.1) is 11.8 Å². The summed E-state index contributed by atoms with van der Waals surface area (Å²) in [6.07, 6.45) is -3.28. The molecule has 5 nitrogen and oxygen atoms in total. The van der Waals surface area contributed by atoms with E-state index in [4.69, 9.17) is 9.84 Å². The first-order valence-electron chi connectivity index (χ1n) is 6.35. The molecule has 0 aliphatic carbocycles. The van der Waals surface area contributed by atoms with Crippen LogP contribution in [0.1, 0.15) is 35.9 Å². The maximum Gasteiger partial charge on any atom is 0.416 e. The second kappa shape index (κ2) is 5.70. The number of nitrogens with zero attached hydrogens (tertiary/aromatic N) is 2. The van der Waals surface area contributed by atoms with Crippen LogP contribution >= 0.6 is 0 Å². The Hall–Kier alpha value is -2.51. The Labute approximate surface area is 124 Å². The molecule has 118 valence electrons. The number of aromatic nitrogens is 2. The summed E-state index contributed by atoms with van der Waals surface area (Å²) >= 11 is 0. The van der Waals surface area contributed by atoms with Crippen molar-refractivity contribution in [2.75, 3.05) is 0 Å². The summed E-state index contributed by atoms with van der Waals surface area (Å²) in [7, 11) is 0. The summed E-state index contributed by atoms with van der Waals surface area (Å²) in [5.74, 6) is -1.03. The molecule has 0 aliphatic rings. The quantitative estimate of drug-likeness (QED) is 0.927. The predicted octanol–water partition coefficient (Wildman–Crippen LogP) is 3.97. The van der Waals surface area contributed by atoms with Gasteiger partial charge in [0.15, 0.2) is 0 Å². The van der Waals surface area contributed by atoms with Crippen molar-refractivity contribution in [1.82, 2.24) is 9.55 Å². The molecule has 0 bridgehead atoms. The lowest BCUT2D eigenvalue weighted by Crippen LogP contribution is -2.11. The van der Waals surface area contributed by atoms with Crippen LogP contribution in [-0.4, -0.2) is 20.6 Å². The Morgan fingerprint density at radius 3 is 2.32 bits per heavy atom. The number of rotatable bonds is 4. The number of halogens is 3. The van der Waals surface area contributed by atoms with E-state index in [9.17, 15) is 18.0 Å². The van der Waals surface area contributed by atoms with Crippen molar-refractivity contribution < 1.29 is 27.8 Å². The molecule has 0 atom stereocenters. The first-order valence-corrected chi connectivity index (χ1v) is 6.35. The van der Waals surface area contributed by atoms with Crippen LogP contribution in [0.2, 0.25) is 0 Å². The van der Waals surface area contributed by atoms with E-state index >= 15 is 0 Å². The van der Waals surface area contributed by atoms with Crippen molar-refractivity contribution in [3.63, 3.8) is 0 Å². The van der Waals surface area contributed by atoms with E-state index in [0.29, 0.717) is 0 Å². The summed E-state index contributed by atoms with van der Waals surface area (Å²) < 4.78 is 44.2. The molecule has 0 spiro atoms. The van der Waals surface area contributed by atoms with E-state index in [1.165, 1.54) is 4.57 Å². The Morgan fingerprint density at radius 2 is 1.86 bits per heavy atom. The van der Waals surface area contributed by atoms with Crippen molar-refractivity contribution in [3.05, 3.63) is 41.7 Å². The summed E-state index contributed by atoms with van der Waals surface area (Å²) in [4.78, 5) is 15.0. The smallest absolute Gasteiger partial charge is 0.416 e. The van der Waals surface area contributed by atoms with Gasteiger partial charge in [0.1, 0.15) is 11.4 Å². The first-order chi connectivity index (χ1) is 10.2. The normalized spacial score (nSPS) is 11.7. The lowest BCUT2D eigenvalue weighted by Gasteiger charge is -2.14. The third-order valence-electron chi connectivity index (χ3n) is 2.89. The molecule has 1 heterocycles. The number of hydrogen-bond acceptors (Lipinski definition) is 3. The van der Waals surface area contributed by atoms with Gasteiger partial charge in [-0.25, -0.2) is 9.78 Å². The average Bonchev–Trinajstić information content (AvgIpc) is 2.82. The zero-order valence-electron chi connectivity index (χ0n) is 11.8. The minimum atomic E-state index is -4.43. The van der Waals surface area contributed by atoms with E-state index in [-0.39, 0.29) is 23.5 Å². The molecular weight excluding hydrogens is 301 g/mol. The molecule has 0 unspecified atom stereocenters. The molecule has 1 aromatic heterocycles. The summed E-state index contributed by atoms with van der Waals surface area (Å²) in [5, 5.41) is 9.08. The standard InChI is InChI=1S/C14H13F3N2O3/c1-8(2)19-11(12(20)21)7-18-13(19)22-10-5-3-9(4-6-10)14(15,16)17/h3-8H,1-2H3,(H,20,21). The highest BCUT2D eigenvalue weighted by Gasteiger charge is 2.30. The third kappa shape index (κ3) is 3.21. The first kappa shape index (κ1) is 15.9. The molecule has 1 aromatic carbocycles. The van der Waals surface area contributed by atoms with E-state index in [1.54, 1.807) is 13.8 Å². The van der Waals surface area contributed by atoms with E-state index < -0.39 is 17.7 Å². The number of ether oxygens (including phenoxy) is 1. The molecular formula is C14H13F3N2O3. The van der Waals surface area contributed by atoms with Gasteiger partial charge in [-0.2, -0.15) is 13.2 Å². The Morgan fingerprint density at radius 1 is 1.27 bits per heavy atom. The van der Waals surface area contributed by atoms with Crippen molar-refractivity contribution in [2.24, 2.45) is 0 Å². The van der Waals surface area contributed by atoms with Gasteiger partial charge in [-0.05, 0) is 38.1 Å². The SMILES string of the molecule is CC(C)n1c(C(=O)O)cnc1Oc1ccc(C(F)(F)F)cc1. The van der Waals surface area contributed by atoms with Gasteiger partial charge in [-0.1, -0.05) is 0 Å². The van der Waals surface area contributed by atoms with E-state index in [0.717, 1.165) is 30.5 Å². The van der Waals surface area contributed by atoms with Crippen molar-refractivity contribution in [1.29, 1.82) is 0 Å². The number of carbonyl (C=O) groups is 1. The van der Waals surface area contributed by atoms with Crippen LogP contribution in [0.15, 0.2) is 30.5 Å². The molecule has 22 heavy (non-hydrogen) atoms. The lowest BCUT2D eigenvalue weighted by molar-refractivity contribution is -0.137. The molecule has 0 fully saturated rings. The molecule has 0 aliphatic heterocycles. The monoisotopic (exact) mass is 314 g/mol. The second-order valence-electron chi connectivity index (χ2n) is 4.82. The molecule has 0 amide bonds. The Bertz CT molecular complexity index is 676. The fourth-order valence-corrected chi connectivity index (χ4v) is 1.89. The number of carboxylic acids is 1. The van der Waals surface area contributed by atoms with Gasteiger partial charge in [0.2, 0.25) is 0 Å². The van der Waals surface area contributed by atoms with Crippen LogP contribution < -0.4 is 4.74 Å². The van der Waals surface area contributed by atoms with Gasteiger partial charge < -0.3 is 9.84 Å². The van der Waals surface area contributed by atoms with Crippen LogP contribution in [0, 0.1) is 0 Å². The molecule has 0 saturated carbocycles. The fourth-order valence-electron chi connectivity index (χ4n) is 1.89. The highest BCUT2D eigenvalue weighted by Crippen LogP contribution is 2.31. The van der Waals surface area contributed by atoms with Crippen LogP contribution in [0.25, 0.3) is 0 Å². The molecule has 8 heteroatoms. The minimum Gasteiger partial charge on any atom is -0.477 e. The summed E-state index contributed by atoms with van der Waals surface area (Å²) in [5.41, 5.74) is -0.852. The van der Waals surface area contributed by atoms with Crippen LogP contribution in [0.5, 0.6) is 11.8 Å². The Kier molecular flexibility index (Phi) is 4.11. The molecule has 0 radical (unpaired) electrons. The average molecular weight is 314 g/mol. The number of alkyl halides is 3. The maximum absolute atomic E-state index is 12.5. The maximum atomic E-state index is 12.5. The summed E-state index contributed by atoms with van der Waals surface area (Å²) in [6, 6.07) is 3.85. The van der Waals surface area contributed by atoms with E-state index in [2.05, 4.69) is 4.98 Å². The molecule has 1 N–H and O–H groups in total. The summed E-state index contributed by atoms with van der Waals surface area (Å²) in [6.45, 7) is 3.49. The number of benzene rings is 1. The minimum absolute atomic E-state index is 0.00663. The van der Waals surface area contributed by atoms with Gasteiger partial charge in [0, 0.05) is 6.04 Å². The van der Waals surface area contributed by atoms with Gasteiger partial charge in [-0.3, -0.25) is 4.57 Å². The van der Waals surface area contributed by atoms with Crippen molar-refractivity contribution >= 4 is 5.97 Å². The number of carboxylic acid groups (broad SMARTS) is 1. The highest BCUT2D eigenvalue weighted by atomic mass is 19.4. The predicted molar refractivity (Wildman–Crippen MR) is 71.1 cm³/mol. The molecule has 0 saturated heterocycles. The third-order valence-corrected chi connectivity index (χ3v) is 2.89. The van der Waals surface area contributed by atoms with Crippen LogP contribution in [0.3, 0.4) is 0 Å². The van der Waals surface area contributed by atoms with Crippen molar-refractivity contribution in [3.8, 4) is 11.8 Å². The molecule has 2 aromatic rings. The van der Waals surface area contributed by atoms with Gasteiger partial charge in [0.25, 0.3) is 0 Å². The van der Waals surface area contributed by atoms with E-state index in [1.807, 2.05) is 0 Å². The van der Waals surface area contributed by atoms with Gasteiger partial charge >= 0.3 is 18.2 Å². The zero-order chi connectivity index (χ0) is 16.5. The highest BCUT2D eigenvalue weighted by molar-refractivity contribution is 5.85.